The first-order valence-electron chi connectivity index (χ1n) is 7.77. The van der Waals surface area contributed by atoms with E-state index in [1.807, 2.05) is 0 Å². The predicted molar refractivity (Wildman–Crippen MR) is 88.8 cm³/mol. The molecule has 0 aromatic heterocycles. The second-order valence-corrected chi connectivity index (χ2v) is 6.21. The zero-order valence-corrected chi connectivity index (χ0v) is 12.8. The molecule has 1 fully saturated rings. The van der Waals surface area contributed by atoms with Crippen molar-refractivity contribution >= 4 is 5.69 Å². The maximum atomic E-state index is 9.62. The fraction of sp³-hybridized carbons (Fsp3) is 0.368. The first kappa shape index (κ1) is 14.2. The zero-order chi connectivity index (χ0) is 14.8. The number of anilines is 1. The smallest absolute Gasteiger partial charge is 0.0731 e. The van der Waals surface area contributed by atoms with E-state index in [0.29, 0.717) is 5.92 Å². The molecule has 2 heteroatoms. The SMILES string of the molecule is CC(C)c1ccc(-c2ccc(N3CCC(O)C3)cc2)cc1. The molecule has 1 unspecified atom stereocenters. The summed E-state index contributed by atoms with van der Waals surface area (Å²) < 4.78 is 0. The number of hydrogen-bond acceptors (Lipinski definition) is 2. The molecule has 2 nitrogen and oxygen atoms in total. The van der Waals surface area contributed by atoms with Crippen LogP contribution in [0.5, 0.6) is 0 Å². The third-order valence-corrected chi connectivity index (χ3v) is 4.31. The lowest BCUT2D eigenvalue weighted by Crippen LogP contribution is -2.20. The van der Waals surface area contributed by atoms with Gasteiger partial charge >= 0.3 is 0 Å². The van der Waals surface area contributed by atoms with Crippen LogP contribution in [-0.4, -0.2) is 24.3 Å². The molecule has 1 saturated heterocycles. The molecule has 1 heterocycles. The summed E-state index contributed by atoms with van der Waals surface area (Å²) in [6.45, 7) is 6.13. The van der Waals surface area contributed by atoms with Crippen molar-refractivity contribution in [3.8, 4) is 11.1 Å². The van der Waals surface area contributed by atoms with Crippen molar-refractivity contribution in [2.45, 2.75) is 32.3 Å². The summed E-state index contributed by atoms with van der Waals surface area (Å²) in [5.41, 5.74) is 5.08. The Morgan fingerprint density at radius 3 is 2.00 bits per heavy atom. The third-order valence-electron chi connectivity index (χ3n) is 4.31. The van der Waals surface area contributed by atoms with E-state index < -0.39 is 0 Å². The molecule has 0 saturated carbocycles. The van der Waals surface area contributed by atoms with Crippen LogP contribution in [-0.2, 0) is 0 Å². The monoisotopic (exact) mass is 281 g/mol. The normalized spacial score (nSPS) is 18.5. The molecule has 1 aliphatic heterocycles. The van der Waals surface area contributed by atoms with E-state index in [-0.39, 0.29) is 6.10 Å². The van der Waals surface area contributed by atoms with Crippen LogP contribution in [0, 0.1) is 0 Å². The Hall–Kier alpha value is -1.80. The van der Waals surface area contributed by atoms with Gasteiger partial charge in [0, 0.05) is 18.8 Å². The lowest BCUT2D eigenvalue weighted by molar-refractivity contribution is 0.198. The molecule has 0 spiro atoms. The van der Waals surface area contributed by atoms with E-state index >= 15 is 0 Å². The number of benzene rings is 2. The highest BCUT2D eigenvalue weighted by Gasteiger charge is 2.20. The van der Waals surface area contributed by atoms with Crippen LogP contribution in [0.1, 0.15) is 31.7 Å². The first-order chi connectivity index (χ1) is 10.1. The van der Waals surface area contributed by atoms with Crippen LogP contribution in [0.15, 0.2) is 48.5 Å². The summed E-state index contributed by atoms with van der Waals surface area (Å²) in [5.74, 6) is 0.572. The molecule has 0 amide bonds. The molecule has 3 rings (SSSR count). The molecule has 110 valence electrons. The lowest BCUT2D eigenvalue weighted by atomic mass is 9.99. The molecule has 0 radical (unpaired) electrons. The Labute approximate surface area is 127 Å². The Morgan fingerprint density at radius 2 is 1.52 bits per heavy atom. The van der Waals surface area contributed by atoms with Crippen molar-refractivity contribution in [3.63, 3.8) is 0 Å². The summed E-state index contributed by atoms with van der Waals surface area (Å²) >= 11 is 0. The van der Waals surface area contributed by atoms with E-state index in [0.717, 1.165) is 19.5 Å². The highest BCUT2D eigenvalue weighted by molar-refractivity contribution is 5.66. The van der Waals surface area contributed by atoms with Gasteiger partial charge in [0.2, 0.25) is 0 Å². The van der Waals surface area contributed by atoms with Crippen molar-refractivity contribution in [1.82, 2.24) is 0 Å². The molecule has 2 aromatic carbocycles. The van der Waals surface area contributed by atoms with E-state index in [2.05, 4.69) is 67.3 Å². The van der Waals surface area contributed by atoms with Gasteiger partial charge in [0.05, 0.1) is 6.10 Å². The van der Waals surface area contributed by atoms with E-state index in [1.54, 1.807) is 0 Å². The van der Waals surface area contributed by atoms with Crippen LogP contribution < -0.4 is 4.90 Å². The van der Waals surface area contributed by atoms with Gasteiger partial charge in [-0.1, -0.05) is 50.2 Å². The molecule has 1 atom stereocenters. The second-order valence-electron chi connectivity index (χ2n) is 6.21. The van der Waals surface area contributed by atoms with Crippen LogP contribution in [0.4, 0.5) is 5.69 Å². The molecule has 0 bridgehead atoms. The Balaban J connectivity index is 1.77. The largest absolute Gasteiger partial charge is 0.391 e. The van der Waals surface area contributed by atoms with Crippen molar-refractivity contribution in [1.29, 1.82) is 0 Å². The molecular formula is C19H23NO. The minimum atomic E-state index is -0.173. The number of β-amino-alcohol motifs (C(OH)–C–C–N with tert-alkyl or cyclic N) is 1. The van der Waals surface area contributed by atoms with Crippen molar-refractivity contribution in [2.75, 3.05) is 18.0 Å². The predicted octanol–water partition coefficient (Wildman–Crippen LogP) is 4.05. The van der Waals surface area contributed by atoms with Gasteiger partial charge in [-0.3, -0.25) is 0 Å². The summed E-state index contributed by atoms with van der Waals surface area (Å²) in [6.07, 6.45) is 0.701. The Kier molecular flexibility index (Phi) is 3.98. The lowest BCUT2D eigenvalue weighted by Gasteiger charge is -2.18. The number of aliphatic hydroxyl groups excluding tert-OH is 1. The maximum absolute atomic E-state index is 9.62. The minimum absolute atomic E-state index is 0.173. The number of rotatable bonds is 3. The van der Waals surface area contributed by atoms with Crippen LogP contribution in [0.3, 0.4) is 0 Å². The summed E-state index contributed by atoms with van der Waals surface area (Å²) in [4.78, 5) is 2.25. The fourth-order valence-corrected chi connectivity index (χ4v) is 2.90. The van der Waals surface area contributed by atoms with Crippen molar-refractivity contribution < 1.29 is 5.11 Å². The van der Waals surface area contributed by atoms with Crippen LogP contribution >= 0.6 is 0 Å². The topological polar surface area (TPSA) is 23.5 Å². The van der Waals surface area contributed by atoms with Gasteiger partial charge in [-0.15, -0.1) is 0 Å². The number of hydrogen-bond donors (Lipinski definition) is 1. The molecule has 21 heavy (non-hydrogen) atoms. The van der Waals surface area contributed by atoms with Crippen molar-refractivity contribution in [2.24, 2.45) is 0 Å². The van der Waals surface area contributed by atoms with Gasteiger partial charge in [-0.05, 0) is 41.2 Å². The Morgan fingerprint density at radius 1 is 0.952 bits per heavy atom. The highest BCUT2D eigenvalue weighted by atomic mass is 16.3. The quantitative estimate of drug-likeness (QED) is 0.917. The molecule has 1 aliphatic rings. The highest BCUT2D eigenvalue weighted by Crippen LogP contribution is 2.26. The molecule has 1 N–H and O–H groups in total. The average molecular weight is 281 g/mol. The van der Waals surface area contributed by atoms with Gasteiger partial charge in [0.25, 0.3) is 0 Å². The molecule has 2 aromatic rings. The molecular weight excluding hydrogens is 258 g/mol. The van der Waals surface area contributed by atoms with Gasteiger partial charge in [-0.2, -0.15) is 0 Å². The first-order valence-corrected chi connectivity index (χ1v) is 7.77. The van der Waals surface area contributed by atoms with E-state index in [4.69, 9.17) is 0 Å². The standard InChI is InChI=1S/C19H23NO/c1-14(2)15-3-5-16(6-4-15)17-7-9-18(10-8-17)20-12-11-19(21)13-20/h3-10,14,19,21H,11-13H2,1-2H3. The number of nitrogens with zero attached hydrogens (tertiary/aromatic N) is 1. The second kappa shape index (κ2) is 5.90. The summed E-state index contributed by atoms with van der Waals surface area (Å²) in [7, 11) is 0. The van der Waals surface area contributed by atoms with Crippen LogP contribution in [0.25, 0.3) is 11.1 Å². The zero-order valence-electron chi connectivity index (χ0n) is 12.8. The summed E-state index contributed by atoms with van der Waals surface area (Å²) in [6, 6.07) is 17.5. The fourth-order valence-electron chi connectivity index (χ4n) is 2.90. The van der Waals surface area contributed by atoms with E-state index in [1.165, 1.54) is 22.4 Å². The minimum Gasteiger partial charge on any atom is -0.391 e. The third kappa shape index (κ3) is 3.11. The number of aliphatic hydroxyl groups is 1. The van der Waals surface area contributed by atoms with Gasteiger partial charge in [0.1, 0.15) is 0 Å². The molecule has 0 aliphatic carbocycles. The van der Waals surface area contributed by atoms with Crippen LogP contribution in [0.2, 0.25) is 0 Å². The Bertz CT molecular complexity index is 586. The van der Waals surface area contributed by atoms with E-state index in [9.17, 15) is 5.11 Å². The average Bonchev–Trinajstić information content (AvgIpc) is 2.94. The van der Waals surface area contributed by atoms with Crippen molar-refractivity contribution in [3.05, 3.63) is 54.1 Å². The maximum Gasteiger partial charge on any atom is 0.0731 e. The summed E-state index contributed by atoms with van der Waals surface area (Å²) in [5, 5.41) is 9.62. The van der Waals surface area contributed by atoms with Gasteiger partial charge < -0.3 is 10.0 Å². The van der Waals surface area contributed by atoms with Gasteiger partial charge in [0.15, 0.2) is 0 Å². The van der Waals surface area contributed by atoms with Gasteiger partial charge in [-0.25, -0.2) is 0 Å².